The number of carbonyl (C=O) groups is 1. The van der Waals surface area contributed by atoms with Gasteiger partial charge in [0.2, 0.25) is 5.91 Å². The summed E-state index contributed by atoms with van der Waals surface area (Å²) in [6, 6.07) is 5.15. The summed E-state index contributed by atoms with van der Waals surface area (Å²) < 4.78 is 24.7. The molecule has 0 radical (unpaired) electrons. The first-order chi connectivity index (χ1) is 11.4. The molecule has 0 aliphatic heterocycles. The second-order valence-corrected chi connectivity index (χ2v) is 8.48. The van der Waals surface area contributed by atoms with E-state index in [9.17, 15) is 13.2 Å². The summed E-state index contributed by atoms with van der Waals surface area (Å²) in [5.41, 5.74) is 5.38. The third-order valence-corrected chi connectivity index (χ3v) is 6.15. The Labute approximate surface area is 145 Å². The van der Waals surface area contributed by atoms with E-state index in [1.54, 1.807) is 12.1 Å². The quantitative estimate of drug-likeness (QED) is 0.792. The topological polar surface area (TPSA) is 88.2 Å². The molecule has 1 aliphatic carbocycles. The Morgan fingerprint density at radius 3 is 2.71 bits per heavy atom. The number of nitrogens with one attached hydrogen (secondary N) is 2. The molecule has 2 N–H and O–H groups in total. The molecule has 3 rings (SSSR count). The molecule has 2 aromatic rings. The van der Waals surface area contributed by atoms with Crippen LogP contribution >= 0.6 is 11.3 Å². The van der Waals surface area contributed by atoms with E-state index in [1.165, 1.54) is 16.9 Å². The van der Waals surface area contributed by atoms with Crippen LogP contribution in [0.25, 0.3) is 0 Å². The van der Waals surface area contributed by atoms with Crippen molar-refractivity contribution >= 4 is 27.3 Å². The highest BCUT2D eigenvalue weighted by Gasteiger charge is 2.18. The molecule has 0 unspecified atom stereocenters. The third-order valence-electron chi connectivity index (χ3n) is 3.93. The summed E-state index contributed by atoms with van der Waals surface area (Å²) in [6.45, 7) is 1.84. The Morgan fingerprint density at radius 1 is 1.25 bits per heavy atom. The number of sulfonamides is 1. The summed E-state index contributed by atoms with van der Waals surface area (Å²) in [6.07, 6.45) is 4.16. The number of aryl methyl sites for hydroxylation is 3. The Hall–Kier alpha value is -1.77. The zero-order valence-corrected chi connectivity index (χ0v) is 15.0. The van der Waals surface area contributed by atoms with Crippen molar-refractivity contribution in [3.63, 3.8) is 0 Å². The summed E-state index contributed by atoms with van der Waals surface area (Å²) in [5, 5.41) is 2.50. The van der Waals surface area contributed by atoms with Crippen molar-refractivity contribution in [3.8, 4) is 0 Å². The molecule has 6 nitrogen and oxygen atoms in total. The predicted octanol–water partition coefficient (Wildman–Crippen LogP) is 1.88. The minimum Gasteiger partial charge on any atom is -0.277 e. The molecular formula is C16H19N3O3S2. The van der Waals surface area contributed by atoms with Gasteiger partial charge in [0.15, 0.2) is 0 Å². The van der Waals surface area contributed by atoms with Gasteiger partial charge in [-0.05, 0) is 55.9 Å². The van der Waals surface area contributed by atoms with Gasteiger partial charge in [0.25, 0.3) is 10.0 Å². The van der Waals surface area contributed by atoms with Crippen LogP contribution in [0.5, 0.6) is 0 Å². The minimum absolute atomic E-state index is 0.0468. The van der Waals surface area contributed by atoms with Gasteiger partial charge < -0.3 is 0 Å². The number of carbonyl (C=O) groups excluding carboxylic acids is 1. The van der Waals surface area contributed by atoms with Gasteiger partial charge in [0, 0.05) is 11.1 Å². The van der Waals surface area contributed by atoms with Crippen LogP contribution in [0.4, 0.5) is 0 Å². The monoisotopic (exact) mass is 365 g/mol. The van der Waals surface area contributed by atoms with Crippen LogP contribution in [0.15, 0.2) is 28.5 Å². The molecule has 8 heteroatoms. The molecule has 1 aromatic carbocycles. The van der Waals surface area contributed by atoms with Crippen LogP contribution in [0.2, 0.25) is 0 Å². The molecule has 1 aromatic heterocycles. The van der Waals surface area contributed by atoms with Crippen LogP contribution in [0.3, 0.4) is 0 Å². The smallest absolute Gasteiger partial charge is 0.257 e. The first kappa shape index (κ1) is 17.1. The number of amides is 1. The summed E-state index contributed by atoms with van der Waals surface area (Å²) in [5.74, 6) is -0.439. The highest BCUT2D eigenvalue weighted by atomic mass is 32.2. The Balaban J connectivity index is 1.64. The second-order valence-electron chi connectivity index (χ2n) is 5.85. The number of hydrazine groups is 1. The lowest BCUT2D eigenvalue weighted by Crippen LogP contribution is -2.42. The number of hydrogen-bond acceptors (Lipinski definition) is 5. The third kappa shape index (κ3) is 4.00. The average Bonchev–Trinajstić information content (AvgIpc) is 2.97. The lowest BCUT2D eigenvalue weighted by molar-refractivity contribution is -0.120. The number of hydrogen-bond donors (Lipinski definition) is 2. The van der Waals surface area contributed by atoms with E-state index in [1.807, 2.05) is 18.4 Å². The number of thiazole rings is 1. The highest BCUT2D eigenvalue weighted by molar-refractivity contribution is 7.89. The van der Waals surface area contributed by atoms with Gasteiger partial charge in [-0.1, -0.05) is 6.07 Å². The van der Waals surface area contributed by atoms with Crippen LogP contribution in [-0.2, 0) is 34.1 Å². The van der Waals surface area contributed by atoms with Crippen molar-refractivity contribution in [1.82, 2.24) is 15.2 Å². The molecule has 0 saturated carbocycles. The van der Waals surface area contributed by atoms with E-state index in [0.717, 1.165) is 36.9 Å². The van der Waals surface area contributed by atoms with Crippen molar-refractivity contribution in [3.05, 3.63) is 45.4 Å². The number of fused-ring (bicyclic) bond motifs is 1. The molecule has 0 bridgehead atoms. The Kier molecular flexibility index (Phi) is 4.98. The van der Waals surface area contributed by atoms with Gasteiger partial charge in [-0.25, -0.2) is 13.4 Å². The Bertz CT molecular complexity index is 859. The first-order valence-corrected chi connectivity index (χ1v) is 10.1. The minimum atomic E-state index is -3.77. The van der Waals surface area contributed by atoms with Crippen LogP contribution in [0.1, 0.15) is 34.7 Å². The second kappa shape index (κ2) is 7.00. The molecule has 0 saturated heterocycles. The zero-order valence-electron chi connectivity index (χ0n) is 13.3. The van der Waals surface area contributed by atoms with E-state index >= 15 is 0 Å². The molecule has 1 aliphatic rings. The lowest BCUT2D eigenvalue weighted by atomic mass is 9.92. The average molecular weight is 365 g/mol. The largest absolute Gasteiger partial charge is 0.277 e. The zero-order chi connectivity index (χ0) is 17.2. The number of rotatable bonds is 5. The standard InChI is InChI=1S/C16H19N3O3S2/c1-11-10-23-16(17-11)9-15(20)18-19-24(21,22)14-7-6-12-4-2-3-5-13(12)8-14/h6-8,10,19H,2-5,9H2,1H3,(H,18,20). The maximum absolute atomic E-state index is 12.3. The molecule has 0 atom stereocenters. The Morgan fingerprint density at radius 2 is 2.00 bits per heavy atom. The van der Waals surface area contributed by atoms with E-state index < -0.39 is 15.9 Å². The molecule has 24 heavy (non-hydrogen) atoms. The van der Waals surface area contributed by atoms with Crippen LogP contribution in [-0.4, -0.2) is 19.3 Å². The van der Waals surface area contributed by atoms with Crippen molar-refractivity contribution < 1.29 is 13.2 Å². The highest BCUT2D eigenvalue weighted by Crippen LogP contribution is 2.23. The van der Waals surface area contributed by atoms with Crippen LogP contribution in [0, 0.1) is 6.92 Å². The van der Waals surface area contributed by atoms with Crippen molar-refractivity contribution in [2.75, 3.05) is 0 Å². The van der Waals surface area contributed by atoms with E-state index in [-0.39, 0.29) is 11.3 Å². The number of aromatic nitrogens is 1. The maximum Gasteiger partial charge on any atom is 0.257 e. The lowest BCUT2D eigenvalue weighted by Gasteiger charge is -2.16. The molecular weight excluding hydrogens is 346 g/mol. The first-order valence-electron chi connectivity index (χ1n) is 7.77. The molecule has 1 amide bonds. The van der Waals surface area contributed by atoms with Gasteiger partial charge in [0.1, 0.15) is 5.01 Å². The SMILES string of the molecule is Cc1csc(CC(=O)NNS(=O)(=O)c2ccc3c(c2)CCCC3)n1. The molecule has 1 heterocycles. The number of nitrogens with zero attached hydrogens (tertiary/aromatic N) is 1. The van der Waals surface area contributed by atoms with E-state index in [2.05, 4.69) is 15.2 Å². The molecule has 0 spiro atoms. The van der Waals surface area contributed by atoms with Gasteiger partial charge >= 0.3 is 0 Å². The summed E-state index contributed by atoms with van der Waals surface area (Å²) in [7, 11) is -3.77. The van der Waals surface area contributed by atoms with E-state index in [4.69, 9.17) is 0 Å². The van der Waals surface area contributed by atoms with Crippen molar-refractivity contribution in [2.24, 2.45) is 0 Å². The van der Waals surface area contributed by atoms with Gasteiger partial charge in [-0.15, -0.1) is 16.2 Å². The number of benzene rings is 1. The van der Waals surface area contributed by atoms with Gasteiger partial charge in [-0.2, -0.15) is 0 Å². The van der Waals surface area contributed by atoms with Gasteiger partial charge in [-0.3, -0.25) is 10.2 Å². The van der Waals surface area contributed by atoms with Crippen molar-refractivity contribution in [1.29, 1.82) is 0 Å². The fourth-order valence-corrected chi connectivity index (χ4v) is 4.41. The fraction of sp³-hybridized carbons (Fsp3) is 0.375. The predicted molar refractivity (Wildman–Crippen MR) is 92.1 cm³/mol. The van der Waals surface area contributed by atoms with Gasteiger partial charge in [0.05, 0.1) is 11.3 Å². The van der Waals surface area contributed by atoms with Crippen molar-refractivity contribution in [2.45, 2.75) is 43.9 Å². The normalized spacial score (nSPS) is 14.2. The summed E-state index contributed by atoms with van der Waals surface area (Å²) >= 11 is 1.37. The van der Waals surface area contributed by atoms with Crippen LogP contribution < -0.4 is 10.3 Å². The molecule has 0 fully saturated rings. The maximum atomic E-state index is 12.3. The fourth-order valence-electron chi connectivity index (χ4n) is 2.73. The summed E-state index contributed by atoms with van der Waals surface area (Å²) in [4.78, 5) is 18.4. The van der Waals surface area contributed by atoms with E-state index in [0.29, 0.717) is 5.01 Å². The molecule has 128 valence electrons.